The molecule has 3 heterocycles. The number of nitrogens with two attached hydrogens (primary N) is 1. The minimum absolute atomic E-state index is 0.0499. The lowest BCUT2D eigenvalue weighted by molar-refractivity contribution is 0.0739. The van der Waals surface area contributed by atoms with Crippen molar-refractivity contribution in [3.63, 3.8) is 0 Å². The van der Waals surface area contributed by atoms with Crippen molar-refractivity contribution in [1.29, 1.82) is 0 Å². The van der Waals surface area contributed by atoms with Crippen LogP contribution in [0.2, 0.25) is 0 Å². The zero-order chi connectivity index (χ0) is 14.8. The molecule has 0 spiro atoms. The van der Waals surface area contributed by atoms with Gasteiger partial charge >= 0.3 is 0 Å². The molecule has 3 rings (SSSR count). The summed E-state index contributed by atoms with van der Waals surface area (Å²) >= 11 is 1.42. The van der Waals surface area contributed by atoms with Crippen LogP contribution in [0.5, 0.6) is 0 Å². The van der Waals surface area contributed by atoms with Gasteiger partial charge in [0, 0.05) is 25.7 Å². The van der Waals surface area contributed by atoms with Crippen molar-refractivity contribution in [2.45, 2.75) is 32.2 Å². The van der Waals surface area contributed by atoms with E-state index in [2.05, 4.69) is 16.8 Å². The summed E-state index contributed by atoms with van der Waals surface area (Å²) in [7, 11) is 0. The lowest BCUT2D eigenvalue weighted by Gasteiger charge is -2.26. The second-order valence-electron chi connectivity index (χ2n) is 5.51. The summed E-state index contributed by atoms with van der Waals surface area (Å²) in [5.74, 6) is 0.419. The zero-order valence-corrected chi connectivity index (χ0v) is 13.2. The molecule has 1 aromatic heterocycles. The molecule has 6 nitrogen and oxygen atoms in total. The van der Waals surface area contributed by atoms with Gasteiger partial charge in [0.05, 0.1) is 13.2 Å². The van der Waals surface area contributed by atoms with Gasteiger partial charge in [0.15, 0.2) is 5.13 Å². The van der Waals surface area contributed by atoms with E-state index in [1.807, 2.05) is 4.90 Å². The molecule has 7 heteroatoms. The fourth-order valence-corrected chi connectivity index (χ4v) is 4.01. The molecule has 2 saturated heterocycles. The lowest BCUT2D eigenvalue weighted by Crippen LogP contribution is -2.36. The summed E-state index contributed by atoms with van der Waals surface area (Å²) < 4.78 is 5.34. The first-order valence-electron chi connectivity index (χ1n) is 7.60. The molecular weight excluding hydrogens is 288 g/mol. The Bertz CT molecular complexity index is 513. The molecule has 1 aromatic rings. The fourth-order valence-electron chi connectivity index (χ4n) is 3.02. The number of hydrogen-bond acceptors (Lipinski definition) is 6. The zero-order valence-electron chi connectivity index (χ0n) is 12.4. The van der Waals surface area contributed by atoms with Gasteiger partial charge in [-0.25, -0.2) is 4.98 Å². The minimum atomic E-state index is 0.0499. The number of thiazole rings is 1. The van der Waals surface area contributed by atoms with Crippen LogP contribution in [0.4, 0.5) is 10.9 Å². The van der Waals surface area contributed by atoms with Gasteiger partial charge in [-0.3, -0.25) is 4.79 Å². The monoisotopic (exact) mass is 310 g/mol. The van der Waals surface area contributed by atoms with Crippen molar-refractivity contribution >= 4 is 28.2 Å². The van der Waals surface area contributed by atoms with Crippen molar-refractivity contribution in [3.05, 3.63) is 4.88 Å². The maximum atomic E-state index is 12.7. The Labute approximate surface area is 128 Å². The van der Waals surface area contributed by atoms with Crippen LogP contribution < -0.4 is 10.6 Å². The van der Waals surface area contributed by atoms with E-state index in [0.29, 0.717) is 30.0 Å². The number of carbonyl (C=O) groups excluding carboxylic acids is 1. The normalized spacial score (nSPS) is 22.8. The van der Waals surface area contributed by atoms with Gasteiger partial charge in [-0.1, -0.05) is 18.3 Å². The Morgan fingerprint density at radius 3 is 2.90 bits per heavy atom. The molecule has 0 aromatic carbocycles. The quantitative estimate of drug-likeness (QED) is 0.917. The maximum Gasteiger partial charge on any atom is 0.268 e. The Morgan fingerprint density at radius 2 is 2.19 bits per heavy atom. The summed E-state index contributed by atoms with van der Waals surface area (Å²) in [5, 5.41) is 0.839. The minimum Gasteiger partial charge on any atom is -0.382 e. The molecular formula is C14H22N4O2S. The standard InChI is InChI=1S/C14H22N4O2S/c1-2-10-4-3-5-18(10)13(19)11-12(15)16-14(21-11)17-6-8-20-9-7-17/h10H,2-9,15H2,1H3. The van der Waals surface area contributed by atoms with E-state index >= 15 is 0 Å². The van der Waals surface area contributed by atoms with Crippen LogP contribution in [0, 0.1) is 0 Å². The molecule has 2 N–H and O–H groups in total. The summed E-state index contributed by atoms with van der Waals surface area (Å²) in [4.78, 5) is 21.8. The largest absolute Gasteiger partial charge is 0.382 e. The number of anilines is 2. The maximum absolute atomic E-state index is 12.7. The van der Waals surface area contributed by atoms with Crippen LogP contribution in [0.1, 0.15) is 35.9 Å². The summed E-state index contributed by atoms with van der Waals surface area (Å²) in [6.45, 7) is 5.98. The van der Waals surface area contributed by atoms with Crippen LogP contribution >= 0.6 is 11.3 Å². The van der Waals surface area contributed by atoms with Gasteiger partial charge in [0.25, 0.3) is 5.91 Å². The molecule has 2 aliphatic heterocycles. The number of likely N-dealkylation sites (tertiary alicyclic amines) is 1. The first-order chi connectivity index (χ1) is 10.2. The Morgan fingerprint density at radius 1 is 1.43 bits per heavy atom. The molecule has 0 saturated carbocycles. The lowest BCUT2D eigenvalue weighted by atomic mass is 10.2. The van der Waals surface area contributed by atoms with E-state index in [1.54, 1.807) is 0 Å². The smallest absolute Gasteiger partial charge is 0.268 e. The van der Waals surface area contributed by atoms with Crippen molar-refractivity contribution in [3.8, 4) is 0 Å². The van der Waals surface area contributed by atoms with Crippen molar-refractivity contribution in [1.82, 2.24) is 9.88 Å². The van der Waals surface area contributed by atoms with E-state index < -0.39 is 0 Å². The number of nitrogens with zero attached hydrogens (tertiary/aromatic N) is 3. The van der Waals surface area contributed by atoms with Crippen molar-refractivity contribution in [2.24, 2.45) is 0 Å². The third-order valence-corrected chi connectivity index (χ3v) is 5.35. The molecule has 2 aliphatic rings. The number of hydrogen-bond donors (Lipinski definition) is 1. The summed E-state index contributed by atoms with van der Waals surface area (Å²) in [5.41, 5.74) is 6.00. The second-order valence-corrected chi connectivity index (χ2v) is 6.49. The molecule has 0 radical (unpaired) electrons. The van der Waals surface area contributed by atoms with Crippen LogP contribution in [0.25, 0.3) is 0 Å². The van der Waals surface area contributed by atoms with Gasteiger partial charge in [0.1, 0.15) is 10.7 Å². The molecule has 2 fully saturated rings. The third-order valence-electron chi connectivity index (χ3n) is 4.23. The van der Waals surface area contributed by atoms with Crippen molar-refractivity contribution in [2.75, 3.05) is 43.5 Å². The molecule has 1 amide bonds. The number of nitrogen functional groups attached to an aromatic ring is 1. The first kappa shape index (κ1) is 14.6. The highest BCUT2D eigenvalue weighted by Gasteiger charge is 2.31. The molecule has 1 atom stereocenters. The fraction of sp³-hybridized carbons (Fsp3) is 0.714. The van der Waals surface area contributed by atoms with Gasteiger partial charge in [-0.05, 0) is 19.3 Å². The molecule has 0 bridgehead atoms. The Hall–Kier alpha value is -1.34. The highest BCUT2D eigenvalue weighted by molar-refractivity contribution is 7.18. The third kappa shape index (κ3) is 2.85. The number of ether oxygens (including phenoxy) is 1. The predicted octanol–water partition coefficient (Wildman–Crippen LogP) is 1.58. The molecule has 0 aliphatic carbocycles. The Kier molecular flexibility index (Phi) is 4.30. The number of rotatable bonds is 3. The summed E-state index contributed by atoms with van der Waals surface area (Å²) in [6, 6.07) is 0.353. The van der Waals surface area contributed by atoms with Gasteiger partial charge in [-0.15, -0.1) is 0 Å². The average Bonchev–Trinajstić information content (AvgIpc) is 3.13. The molecule has 1 unspecified atom stereocenters. The molecule has 21 heavy (non-hydrogen) atoms. The van der Waals surface area contributed by atoms with Crippen LogP contribution in [-0.2, 0) is 4.74 Å². The van der Waals surface area contributed by atoms with Crippen LogP contribution in [0.3, 0.4) is 0 Å². The van der Waals surface area contributed by atoms with Crippen LogP contribution in [-0.4, -0.2) is 54.7 Å². The number of carbonyl (C=O) groups is 1. The van der Waals surface area contributed by atoms with Gasteiger partial charge in [0.2, 0.25) is 0 Å². The number of aromatic nitrogens is 1. The SMILES string of the molecule is CCC1CCCN1C(=O)c1sc(N2CCOCC2)nc1N. The van der Waals surface area contributed by atoms with E-state index in [-0.39, 0.29) is 5.91 Å². The first-order valence-corrected chi connectivity index (χ1v) is 8.42. The Balaban J connectivity index is 1.78. The topological polar surface area (TPSA) is 71.7 Å². The van der Waals surface area contributed by atoms with E-state index in [1.165, 1.54) is 11.3 Å². The second kappa shape index (κ2) is 6.19. The van der Waals surface area contributed by atoms with E-state index in [4.69, 9.17) is 10.5 Å². The van der Waals surface area contributed by atoms with Crippen LogP contribution in [0.15, 0.2) is 0 Å². The average molecular weight is 310 g/mol. The van der Waals surface area contributed by atoms with Gasteiger partial charge < -0.3 is 20.3 Å². The molecule has 116 valence electrons. The van der Waals surface area contributed by atoms with Gasteiger partial charge in [-0.2, -0.15) is 0 Å². The van der Waals surface area contributed by atoms with E-state index in [9.17, 15) is 4.79 Å². The summed E-state index contributed by atoms with van der Waals surface area (Å²) in [6.07, 6.45) is 3.18. The highest BCUT2D eigenvalue weighted by atomic mass is 32.1. The predicted molar refractivity (Wildman–Crippen MR) is 83.9 cm³/mol. The van der Waals surface area contributed by atoms with Crippen molar-refractivity contribution < 1.29 is 9.53 Å². The number of amides is 1. The van der Waals surface area contributed by atoms with E-state index in [0.717, 1.165) is 44.0 Å². The highest BCUT2D eigenvalue weighted by Crippen LogP contribution is 2.32. The number of morpholine rings is 1.